The normalized spacial score (nSPS) is 17.4. The number of carbonyl (C=O) groups excluding carboxylic acids is 2. The van der Waals surface area contributed by atoms with E-state index in [0.29, 0.717) is 24.3 Å². The largest absolute Gasteiger partial charge is 0.484 e. The summed E-state index contributed by atoms with van der Waals surface area (Å²) in [5.41, 5.74) is 0.655. The molecule has 1 atom stereocenters. The van der Waals surface area contributed by atoms with Gasteiger partial charge < -0.3 is 20.1 Å². The lowest BCUT2D eigenvalue weighted by atomic mass is 9.99. The molecule has 0 bridgehead atoms. The Morgan fingerprint density at radius 3 is 2.96 bits per heavy atom. The quantitative estimate of drug-likeness (QED) is 0.801. The number of nitrogens with one attached hydrogen (secondary N) is 1. The van der Waals surface area contributed by atoms with Crippen molar-refractivity contribution in [1.82, 2.24) is 4.90 Å². The minimum Gasteiger partial charge on any atom is -0.484 e. The molecule has 1 aliphatic heterocycles. The first-order valence-electron chi connectivity index (χ1n) is 8.57. The minimum absolute atomic E-state index is 0.0346. The standard InChI is InChI=1S/C18H26N2O4/c1-2-17(22)19-14-6-5-8-16(12-14)24-13-18(23)20-10-4-3-7-15(20)9-11-21/h5-6,8,12,15,21H,2-4,7,9-11,13H2,1H3,(H,19,22)/t15-/m1/s1. The summed E-state index contributed by atoms with van der Waals surface area (Å²) < 4.78 is 5.60. The van der Waals surface area contributed by atoms with Gasteiger partial charge in [0, 0.05) is 37.4 Å². The van der Waals surface area contributed by atoms with E-state index in [1.165, 1.54) is 0 Å². The molecule has 0 unspecified atom stereocenters. The van der Waals surface area contributed by atoms with Crippen LogP contribution < -0.4 is 10.1 Å². The molecule has 2 N–H and O–H groups in total. The first-order chi connectivity index (χ1) is 11.6. The fraction of sp³-hybridized carbons (Fsp3) is 0.556. The average molecular weight is 334 g/mol. The van der Waals surface area contributed by atoms with E-state index in [9.17, 15) is 9.59 Å². The molecule has 6 nitrogen and oxygen atoms in total. The summed E-state index contributed by atoms with van der Waals surface area (Å²) in [6.45, 7) is 2.57. The van der Waals surface area contributed by atoms with E-state index >= 15 is 0 Å². The third kappa shape index (κ3) is 5.23. The lowest BCUT2D eigenvalue weighted by Crippen LogP contribution is -2.46. The molecule has 0 aliphatic carbocycles. The highest BCUT2D eigenvalue weighted by Gasteiger charge is 2.26. The van der Waals surface area contributed by atoms with E-state index in [-0.39, 0.29) is 31.1 Å². The Bertz CT molecular complexity index is 560. The van der Waals surface area contributed by atoms with Crippen LogP contribution in [0.3, 0.4) is 0 Å². The van der Waals surface area contributed by atoms with Gasteiger partial charge in [-0.1, -0.05) is 13.0 Å². The zero-order valence-corrected chi connectivity index (χ0v) is 14.2. The Morgan fingerprint density at radius 2 is 2.21 bits per heavy atom. The van der Waals surface area contributed by atoms with Gasteiger partial charge in [0.15, 0.2) is 6.61 Å². The first kappa shape index (κ1) is 18.3. The van der Waals surface area contributed by atoms with Gasteiger partial charge in [-0.2, -0.15) is 0 Å². The molecule has 6 heteroatoms. The number of aliphatic hydroxyl groups is 1. The Balaban J connectivity index is 1.91. The van der Waals surface area contributed by atoms with E-state index in [1.54, 1.807) is 31.2 Å². The molecule has 24 heavy (non-hydrogen) atoms. The minimum atomic E-state index is -0.0663. The van der Waals surface area contributed by atoms with Crippen LogP contribution in [0.25, 0.3) is 0 Å². The van der Waals surface area contributed by atoms with Crippen molar-refractivity contribution in [2.75, 3.05) is 25.1 Å². The maximum absolute atomic E-state index is 12.4. The molecule has 2 rings (SSSR count). The number of aliphatic hydroxyl groups excluding tert-OH is 1. The first-order valence-corrected chi connectivity index (χ1v) is 8.57. The third-order valence-corrected chi connectivity index (χ3v) is 4.21. The van der Waals surface area contributed by atoms with E-state index in [4.69, 9.17) is 9.84 Å². The smallest absolute Gasteiger partial charge is 0.260 e. The van der Waals surface area contributed by atoms with E-state index < -0.39 is 0 Å². The number of anilines is 1. The van der Waals surface area contributed by atoms with Crippen molar-refractivity contribution in [3.8, 4) is 5.75 Å². The molecule has 1 aromatic carbocycles. The highest BCUT2D eigenvalue weighted by molar-refractivity contribution is 5.90. The van der Waals surface area contributed by atoms with Crippen LogP contribution in [-0.4, -0.2) is 47.6 Å². The number of hydrogen-bond donors (Lipinski definition) is 2. The third-order valence-electron chi connectivity index (χ3n) is 4.21. The van der Waals surface area contributed by atoms with Gasteiger partial charge in [-0.3, -0.25) is 9.59 Å². The second-order valence-electron chi connectivity index (χ2n) is 5.97. The van der Waals surface area contributed by atoms with Crippen molar-refractivity contribution in [1.29, 1.82) is 0 Å². The molecular weight excluding hydrogens is 308 g/mol. The monoisotopic (exact) mass is 334 g/mol. The van der Waals surface area contributed by atoms with E-state index in [1.807, 2.05) is 4.90 Å². The lowest BCUT2D eigenvalue weighted by Gasteiger charge is -2.35. The molecule has 0 radical (unpaired) electrons. The molecule has 0 spiro atoms. The number of rotatable bonds is 7. The van der Waals surface area contributed by atoms with Crippen LogP contribution in [0.2, 0.25) is 0 Å². The van der Waals surface area contributed by atoms with Crippen LogP contribution in [-0.2, 0) is 9.59 Å². The van der Waals surface area contributed by atoms with Crippen LogP contribution >= 0.6 is 0 Å². The summed E-state index contributed by atoms with van der Waals surface area (Å²) in [6, 6.07) is 7.14. The summed E-state index contributed by atoms with van der Waals surface area (Å²) in [6.07, 6.45) is 4.04. The SMILES string of the molecule is CCC(=O)Nc1cccc(OCC(=O)N2CCCC[C@@H]2CCO)c1. The van der Waals surface area contributed by atoms with Gasteiger partial charge in [0.05, 0.1) is 0 Å². The van der Waals surface area contributed by atoms with Gasteiger partial charge in [-0.25, -0.2) is 0 Å². The van der Waals surface area contributed by atoms with Crippen molar-refractivity contribution in [3.05, 3.63) is 24.3 Å². The highest BCUT2D eigenvalue weighted by Crippen LogP contribution is 2.21. The van der Waals surface area contributed by atoms with Crippen molar-refractivity contribution in [2.45, 2.75) is 45.1 Å². The molecule has 1 saturated heterocycles. The van der Waals surface area contributed by atoms with Gasteiger partial charge in [-0.05, 0) is 37.8 Å². The molecule has 1 heterocycles. The van der Waals surface area contributed by atoms with Crippen LogP contribution in [0.1, 0.15) is 39.0 Å². The van der Waals surface area contributed by atoms with Crippen LogP contribution in [0.5, 0.6) is 5.75 Å². The number of amides is 2. The predicted octanol–water partition coefficient (Wildman–Crippen LogP) is 2.18. The molecule has 2 amide bonds. The van der Waals surface area contributed by atoms with Gasteiger partial charge in [0.2, 0.25) is 5.91 Å². The summed E-state index contributed by atoms with van der Waals surface area (Å²) in [4.78, 5) is 25.7. The number of ether oxygens (including phenoxy) is 1. The zero-order chi connectivity index (χ0) is 17.4. The van der Waals surface area contributed by atoms with Crippen molar-refractivity contribution < 1.29 is 19.4 Å². The number of nitrogens with zero attached hydrogens (tertiary/aromatic N) is 1. The summed E-state index contributed by atoms with van der Waals surface area (Å²) in [7, 11) is 0. The summed E-state index contributed by atoms with van der Waals surface area (Å²) in [5.74, 6) is 0.424. The van der Waals surface area contributed by atoms with E-state index in [0.717, 1.165) is 25.8 Å². The second kappa shape index (κ2) is 9.27. The zero-order valence-electron chi connectivity index (χ0n) is 14.2. The Kier molecular flexibility index (Phi) is 7.06. The number of likely N-dealkylation sites (tertiary alicyclic amines) is 1. The maximum atomic E-state index is 12.4. The number of hydrogen-bond acceptors (Lipinski definition) is 4. The predicted molar refractivity (Wildman–Crippen MR) is 91.9 cm³/mol. The average Bonchev–Trinajstić information content (AvgIpc) is 2.60. The Morgan fingerprint density at radius 1 is 1.38 bits per heavy atom. The summed E-state index contributed by atoms with van der Waals surface area (Å²) >= 11 is 0. The fourth-order valence-electron chi connectivity index (χ4n) is 2.92. The molecule has 132 valence electrons. The Labute approximate surface area is 142 Å². The number of piperidine rings is 1. The molecule has 0 aromatic heterocycles. The van der Waals surface area contributed by atoms with Gasteiger partial charge >= 0.3 is 0 Å². The van der Waals surface area contributed by atoms with Crippen LogP contribution in [0.15, 0.2) is 24.3 Å². The summed E-state index contributed by atoms with van der Waals surface area (Å²) in [5, 5.41) is 11.9. The molecule has 1 fully saturated rings. The lowest BCUT2D eigenvalue weighted by molar-refractivity contribution is -0.137. The maximum Gasteiger partial charge on any atom is 0.260 e. The van der Waals surface area contributed by atoms with Crippen LogP contribution in [0, 0.1) is 0 Å². The van der Waals surface area contributed by atoms with Crippen molar-refractivity contribution in [3.63, 3.8) is 0 Å². The van der Waals surface area contributed by atoms with Crippen molar-refractivity contribution >= 4 is 17.5 Å². The van der Waals surface area contributed by atoms with Crippen LogP contribution in [0.4, 0.5) is 5.69 Å². The Hall–Kier alpha value is -2.08. The molecule has 1 aliphatic rings. The fourth-order valence-corrected chi connectivity index (χ4v) is 2.92. The van der Waals surface area contributed by atoms with Gasteiger partial charge in [0.25, 0.3) is 5.91 Å². The molecule has 1 aromatic rings. The van der Waals surface area contributed by atoms with Gasteiger partial charge in [0.1, 0.15) is 5.75 Å². The molecule has 0 saturated carbocycles. The highest BCUT2D eigenvalue weighted by atomic mass is 16.5. The number of benzene rings is 1. The molecular formula is C18H26N2O4. The topological polar surface area (TPSA) is 78.9 Å². The second-order valence-corrected chi connectivity index (χ2v) is 5.97. The van der Waals surface area contributed by atoms with Crippen molar-refractivity contribution in [2.24, 2.45) is 0 Å². The van der Waals surface area contributed by atoms with Gasteiger partial charge in [-0.15, -0.1) is 0 Å². The van der Waals surface area contributed by atoms with E-state index in [2.05, 4.69) is 5.32 Å². The number of carbonyl (C=O) groups is 2.